The zero-order chi connectivity index (χ0) is 38.7. The highest BCUT2D eigenvalue weighted by Gasteiger charge is 2.17. The number of esters is 1. The molecule has 0 aliphatic heterocycles. The van der Waals surface area contributed by atoms with Gasteiger partial charge in [0.15, 0.2) is 0 Å². The van der Waals surface area contributed by atoms with E-state index in [1.165, 1.54) is 141 Å². The molecule has 6 heteroatoms. The first-order chi connectivity index (χ1) is 26.0. The largest absolute Gasteiger partial charge is 0.466 e. The van der Waals surface area contributed by atoms with Crippen LogP contribution in [0.1, 0.15) is 226 Å². The number of ether oxygens (including phenoxy) is 1. The van der Waals surface area contributed by atoms with Crippen LogP contribution in [0.4, 0.5) is 0 Å². The van der Waals surface area contributed by atoms with Crippen LogP contribution in [0.2, 0.25) is 0 Å². The van der Waals surface area contributed by atoms with Gasteiger partial charge < -0.3 is 20.3 Å². The minimum absolute atomic E-state index is 0.0191. The molecule has 0 rings (SSSR count). The number of unbranched alkanes of at least 4 members (excludes halogenated alkanes) is 26. The summed E-state index contributed by atoms with van der Waals surface area (Å²) in [4.78, 5) is 24.3. The predicted molar refractivity (Wildman–Crippen MR) is 227 cm³/mol. The number of carbonyl (C=O) groups is 2. The third-order valence-corrected chi connectivity index (χ3v) is 10.2. The topological polar surface area (TPSA) is 95.9 Å². The second-order valence-corrected chi connectivity index (χ2v) is 15.4. The van der Waals surface area contributed by atoms with Crippen LogP contribution >= 0.6 is 0 Å². The van der Waals surface area contributed by atoms with Crippen molar-refractivity contribution in [3.8, 4) is 0 Å². The molecule has 0 bridgehead atoms. The Kier molecular flexibility index (Phi) is 41.3. The third-order valence-electron chi connectivity index (χ3n) is 10.2. The van der Waals surface area contributed by atoms with E-state index >= 15 is 0 Å². The summed E-state index contributed by atoms with van der Waals surface area (Å²) in [6, 6.07) is -0.669. The van der Waals surface area contributed by atoms with Crippen LogP contribution in [0.5, 0.6) is 0 Å². The summed E-state index contributed by atoms with van der Waals surface area (Å²) >= 11 is 0. The number of nitrogens with one attached hydrogen (secondary N) is 1. The normalized spacial score (nSPS) is 13.1. The number of allylic oxidation sites excluding steroid dienone is 5. The van der Waals surface area contributed by atoms with Crippen molar-refractivity contribution >= 4 is 11.9 Å². The van der Waals surface area contributed by atoms with Gasteiger partial charge >= 0.3 is 5.97 Å². The zero-order valence-electron chi connectivity index (χ0n) is 35.0. The number of aliphatic hydroxyl groups is 2. The van der Waals surface area contributed by atoms with Gasteiger partial charge in [0, 0.05) is 12.8 Å². The predicted octanol–water partition coefficient (Wildman–Crippen LogP) is 12.9. The van der Waals surface area contributed by atoms with E-state index in [1.807, 2.05) is 12.2 Å². The summed E-state index contributed by atoms with van der Waals surface area (Å²) in [6.45, 7) is 4.80. The van der Waals surface area contributed by atoms with Crippen LogP contribution in [-0.4, -0.2) is 47.4 Å². The van der Waals surface area contributed by atoms with Gasteiger partial charge in [-0.2, -0.15) is 0 Å². The molecule has 2 atom stereocenters. The molecular weight excluding hydrogens is 659 g/mol. The molecule has 0 heterocycles. The first kappa shape index (κ1) is 51.1. The van der Waals surface area contributed by atoms with Gasteiger partial charge in [0.05, 0.1) is 25.4 Å². The molecule has 0 fully saturated rings. The maximum atomic E-state index is 12.3. The average molecular weight is 746 g/mol. The summed E-state index contributed by atoms with van der Waals surface area (Å²) in [7, 11) is 0. The fraction of sp³-hybridized carbons (Fsp3) is 0.830. The molecule has 0 saturated carbocycles. The number of hydrogen-bond donors (Lipinski definition) is 3. The number of aliphatic hydroxyl groups excluding tert-OH is 2. The summed E-state index contributed by atoms with van der Waals surface area (Å²) in [5.74, 6) is -0.170. The van der Waals surface area contributed by atoms with Crippen molar-refractivity contribution in [3.63, 3.8) is 0 Å². The van der Waals surface area contributed by atoms with Gasteiger partial charge in [0.25, 0.3) is 0 Å². The Bertz CT molecular complexity index is 869. The van der Waals surface area contributed by atoms with Crippen LogP contribution in [0.25, 0.3) is 0 Å². The van der Waals surface area contributed by atoms with Gasteiger partial charge in [-0.1, -0.05) is 198 Å². The Balaban J connectivity index is 3.60. The molecule has 1 amide bonds. The second-order valence-electron chi connectivity index (χ2n) is 15.4. The van der Waals surface area contributed by atoms with Crippen molar-refractivity contribution in [1.82, 2.24) is 5.32 Å². The number of carbonyl (C=O) groups excluding carboxylic acids is 2. The maximum Gasteiger partial charge on any atom is 0.305 e. The highest BCUT2D eigenvalue weighted by molar-refractivity contribution is 5.76. The third kappa shape index (κ3) is 39.6. The lowest BCUT2D eigenvalue weighted by molar-refractivity contribution is -0.143. The fourth-order valence-electron chi connectivity index (χ4n) is 6.62. The highest BCUT2D eigenvalue weighted by atomic mass is 16.5. The number of amides is 1. The smallest absolute Gasteiger partial charge is 0.305 e. The summed E-state index contributed by atoms with van der Waals surface area (Å²) in [5, 5.41) is 22.8. The van der Waals surface area contributed by atoms with Crippen molar-refractivity contribution in [2.24, 2.45) is 0 Å². The molecule has 310 valence electrons. The van der Waals surface area contributed by atoms with Crippen LogP contribution in [-0.2, 0) is 14.3 Å². The van der Waals surface area contributed by atoms with Gasteiger partial charge in [-0.15, -0.1) is 0 Å². The van der Waals surface area contributed by atoms with Gasteiger partial charge in [-0.25, -0.2) is 0 Å². The van der Waals surface area contributed by atoms with Crippen LogP contribution in [0.15, 0.2) is 36.5 Å². The van der Waals surface area contributed by atoms with Crippen molar-refractivity contribution in [1.29, 1.82) is 0 Å². The fourth-order valence-corrected chi connectivity index (χ4v) is 6.62. The minimum atomic E-state index is -0.877. The zero-order valence-corrected chi connectivity index (χ0v) is 35.0. The molecule has 2 unspecified atom stereocenters. The molecule has 0 aromatic rings. The SMILES string of the molecule is CCCCCCCCCCC/C=C/C(O)C(CO)NC(=O)CC/C=C\C/C=C\CCCCCCCCOC(=O)CCCCCCCCCCCCCC. The molecular formula is C47H87NO5. The quantitative estimate of drug-likeness (QED) is 0.0329. The summed E-state index contributed by atoms with van der Waals surface area (Å²) in [5.41, 5.74) is 0. The lowest BCUT2D eigenvalue weighted by Gasteiger charge is -2.19. The molecule has 0 spiro atoms. The van der Waals surface area contributed by atoms with E-state index in [4.69, 9.17) is 4.74 Å². The Hall–Kier alpha value is -1.92. The van der Waals surface area contributed by atoms with Gasteiger partial charge in [-0.05, 0) is 51.4 Å². The monoisotopic (exact) mass is 746 g/mol. The van der Waals surface area contributed by atoms with Crippen molar-refractivity contribution in [2.45, 2.75) is 238 Å². The summed E-state index contributed by atoms with van der Waals surface area (Å²) < 4.78 is 5.43. The highest BCUT2D eigenvalue weighted by Crippen LogP contribution is 2.14. The lowest BCUT2D eigenvalue weighted by atomic mass is 10.0. The average Bonchev–Trinajstić information content (AvgIpc) is 3.16. The van der Waals surface area contributed by atoms with Crippen molar-refractivity contribution in [2.75, 3.05) is 13.2 Å². The van der Waals surface area contributed by atoms with E-state index in [-0.39, 0.29) is 18.5 Å². The standard InChI is InChI=1S/C47H87NO5/c1-3-5-7-9-11-13-15-21-25-29-33-37-41-47(52)53-42-38-34-30-26-22-18-16-17-20-24-28-32-36-40-46(51)48-44(43-49)45(50)39-35-31-27-23-19-14-12-10-8-6-4-2/h17,20,28,32,35,39,44-45,49-50H,3-16,18-19,21-27,29-31,33-34,36-38,40-43H2,1-2H3,(H,48,51)/b20-17-,32-28-,39-35+. The van der Waals surface area contributed by atoms with Crippen molar-refractivity contribution in [3.05, 3.63) is 36.5 Å². The number of rotatable bonds is 41. The molecule has 0 aromatic carbocycles. The van der Waals surface area contributed by atoms with E-state index in [0.29, 0.717) is 25.9 Å². The second kappa shape index (κ2) is 42.8. The van der Waals surface area contributed by atoms with Gasteiger partial charge in [0.2, 0.25) is 5.91 Å². The van der Waals surface area contributed by atoms with E-state index in [2.05, 4.69) is 37.4 Å². The molecule has 3 N–H and O–H groups in total. The van der Waals surface area contributed by atoms with E-state index in [1.54, 1.807) is 6.08 Å². The first-order valence-electron chi connectivity index (χ1n) is 22.8. The number of hydrogen-bond acceptors (Lipinski definition) is 5. The molecule has 0 aromatic heterocycles. The van der Waals surface area contributed by atoms with E-state index in [0.717, 1.165) is 51.4 Å². The molecule has 0 aliphatic carbocycles. The Morgan fingerprint density at radius 1 is 0.528 bits per heavy atom. The molecule has 6 nitrogen and oxygen atoms in total. The lowest BCUT2D eigenvalue weighted by Crippen LogP contribution is -2.45. The molecule has 53 heavy (non-hydrogen) atoms. The molecule has 0 saturated heterocycles. The van der Waals surface area contributed by atoms with E-state index < -0.39 is 12.1 Å². The van der Waals surface area contributed by atoms with Crippen LogP contribution in [0, 0.1) is 0 Å². The van der Waals surface area contributed by atoms with Crippen LogP contribution in [0.3, 0.4) is 0 Å². The maximum absolute atomic E-state index is 12.3. The first-order valence-corrected chi connectivity index (χ1v) is 22.8. The Labute approximate surface area is 328 Å². The molecule has 0 aliphatic rings. The van der Waals surface area contributed by atoms with Gasteiger partial charge in [-0.3, -0.25) is 9.59 Å². The van der Waals surface area contributed by atoms with Crippen molar-refractivity contribution < 1.29 is 24.5 Å². The Morgan fingerprint density at radius 3 is 1.47 bits per heavy atom. The minimum Gasteiger partial charge on any atom is -0.466 e. The van der Waals surface area contributed by atoms with Crippen LogP contribution < -0.4 is 5.32 Å². The Morgan fingerprint density at radius 2 is 0.962 bits per heavy atom. The van der Waals surface area contributed by atoms with Gasteiger partial charge in [0.1, 0.15) is 0 Å². The summed E-state index contributed by atoms with van der Waals surface area (Å²) in [6.07, 6.45) is 50.0. The molecule has 0 radical (unpaired) electrons. The van der Waals surface area contributed by atoms with E-state index in [9.17, 15) is 19.8 Å².